The molecule has 1 fully saturated rings. The van der Waals surface area contributed by atoms with E-state index < -0.39 is 0 Å². The molecule has 1 saturated heterocycles. The van der Waals surface area contributed by atoms with Crippen LogP contribution in [-0.2, 0) is 0 Å². The molecule has 2 atom stereocenters. The van der Waals surface area contributed by atoms with Crippen molar-refractivity contribution in [3.63, 3.8) is 0 Å². The topological polar surface area (TPSA) is 47.1 Å². The fraction of sp³-hybridized carbons (Fsp3) is 0.400. The third kappa shape index (κ3) is 2.41. The first kappa shape index (κ1) is 12.4. The highest BCUT2D eigenvalue weighted by Gasteiger charge is 2.29. The number of likely N-dealkylation sites (tertiary alicyclic amines) is 1. The van der Waals surface area contributed by atoms with E-state index in [0.717, 1.165) is 25.2 Å². The van der Waals surface area contributed by atoms with E-state index in [0.29, 0.717) is 12.0 Å². The van der Waals surface area contributed by atoms with Crippen LogP contribution < -0.4 is 5.73 Å². The smallest absolute Gasteiger partial charge is 0.0645 e. The summed E-state index contributed by atoms with van der Waals surface area (Å²) >= 11 is 0. The summed E-state index contributed by atoms with van der Waals surface area (Å²) in [6.45, 7) is 1.88. The standard InChI is InChI=1S/C15H20N4/c1-18-11-12(10-16)9-15(18)13-3-5-14(6-4-13)19-8-2-7-17-19/h2-8,12,15H,9-11,16H2,1H3. The summed E-state index contributed by atoms with van der Waals surface area (Å²) in [4.78, 5) is 2.40. The Morgan fingerprint density at radius 3 is 2.68 bits per heavy atom. The van der Waals surface area contributed by atoms with Gasteiger partial charge in [-0.05, 0) is 49.7 Å². The first-order chi connectivity index (χ1) is 9.28. The van der Waals surface area contributed by atoms with Crippen LogP contribution in [0.25, 0.3) is 5.69 Å². The minimum absolute atomic E-state index is 0.500. The molecule has 100 valence electrons. The molecular formula is C15H20N4. The molecule has 1 aromatic carbocycles. The van der Waals surface area contributed by atoms with Gasteiger partial charge < -0.3 is 5.73 Å². The fourth-order valence-corrected chi connectivity index (χ4v) is 2.94. The van der Waals surface area contributed by atoms with Crippen molar-refractivity contribution < 1.29 is 0 Å². The number of nitrogens with two attached hydrogens (primary N) is 1. The third-order valence-electron chi connectivity index (χ3n) is 4.01. The lowest BCUT2D eigenvalue weighted by Gasteiger charge is -2.19. The fourth-order valence-electron chi connectivity index (χ4n) is 2.94. The highest BCUT2D eigenvalue weighted by Crippen LogP contribution is 2.33. The highest BCUT2D eigenvalue weighted by atomic mass is 15.3. The normalized spacial score (nSPS) is 23.9. The van der Waals surface area contributed by atoms with Crippen molar-refractivity contribution in [2.45, 2.75) is 12.5 Å². The number of benzene rings is 1. The lowest BCUT2D eigenvalue weighted by atomic mass is 10.00. The zero-order chi connectivity index (χ0) is 13.2. The first-order valence-corrected chi connectivity index (χ1v) is 6.78. The maximum atomic E-state index is 5.79. The maximum Gasteiger partial charge on any atom is 0.0645 e. The van der Waals surface area contributed by atoms with E-state index in [1.54, 1.807) is 6.20 Å². The second-order valence-corrected chi connectivity index (χ2v) is 5.33. The van der Waals surface area contributed by atoms with E-state index in [1.165, 1.54) is 5.56 Å². The van der Waals surface area contributed by atoms with Gasteiger partial charge in [0.1, 0.15) is 0 Å². The van der Waals surface area contributed by atoms with E-state index in [-0.39, 0.29) is 0 Å². The lowest BCUT2D eigenvalue weighted by Crippen LogP contribution is -2.20. The molecule has 0 spiro atoms. The maximum absolute atomic E-state index is 5.79. The van der Waals surface area contributed by atoms with Gasteiger partial charge in [-0.2, -0.15) is 5.10 Å². The Labute approximate surface area is 113 Å². The molecule has 1 aliphatic rings. The monoisotopic (exact) mass is 256 g/mol. The van der Waals surface area contributed by atoms with Crippen LogP contribution in [0, 0.1) is 5.92 Å². The largest absolute Gasteiger partial charge is 0.330 e. The Bertz CT molecular complexity index is 518. The van der Waals surface area contributed by atoms with Crippen LogP contribution >= 0.6 is 0 Å². The second kappa shape index (κ2) is 5.15. The Balaban J connectivity index is 1.79. The Kier molecular flexibility index (Phi) is 3.36. The first-order valence-electron chi connectivity index (χ1n) is 6.78. The average Bonchev–Trinajstić information content (AvgIpc) is 3.08. The van der Waals surface area contributed by atoms with Gasteiger partial charge in [-0.3, -0.25) is 4.90 Å². The number of aromatic nitrogens is 2. The van der Waals surface area contributed by atoms with Crippen LogP contribution in [0.3, 0.4) is 0 Å². The van der Waals surface area contributed by atoms with Gasteiger partial charge in [0.05, 0.1) is 5.69 Å². The van der Waals surface area contributed by atoms with Crippen LogP contribution in [0.1, 0.15) is 18.0 Å². The molecule has 19 heavy (non-hydrogen) atoms. The molecule has 1 aromatic heterocycles. The molecule has 2 unspecified atom stereocenters. The minimum Gasteiger partial charge on any atom is -0.330 e. The summed E-state index contributed by atoms with van der Waals surface area (Å²) in [5.41, 5.74) is 8.26. The van der Waals surface area contributed by atoms with E-state index in [2.05, 4.69) is 41.3 Å². The zero-order valence-corrected chi connectivity index (χ0v) is 11.2. The van der Waals surface area contributed by atoms with Crippen LogP contribution in [0.4, 0.5) is 0 Å². The molecule has 1 aliphatic heterocycles. The van der Waals surface area contributed by atoms with E-state index in [1.807, 2.05) is 16.9 Å². The quantitative estimate of drug-likeness (QED) is 0.911. The van der Waals surface area contributed by atoms with E-state index >= 15 is 0 Å². The van der Waals surface area contributed by atoms with Crippen LogP contribution in [0.5, 0.6) is 0 Å². The van der Waals surface area contributed by atoms with Gasteiger partial charge >= 0.3 is 0 Å². The molecule has 4 heteroatoms. The Morgan fingerprint density at radius 1 is 1.32 bits per heavy atom. The predicted octanol–water partition coefficient (Wildman–Crippen LogP) is 1.82. The molecule has 2 heterocycles. The lowest BCUT2D eigenvalue weighted by molar-refractivity contribution is 0.313. The molecule has 4 nitrogen and oxygen atoms in total. The molecular weight excluding hydrogens is 236 g/mol. The summed E-state index contributed by atoms with van der Waals surface area (Å²) in [6.07, 6.45) is 4.92. The van der Waals surface area contributed by atoms with Crippen molar-refractivity contribution in [2.24, 2.45) is 11.7 Å². The summed E-state index contributed by atoms with van der Waals surface area (Å²) in [7, 11) is 2.18. The molecule has 0 amide bonds. The van der Waals surface area contributed by atoms with Crippen molar-refractivity contribution in [1.29, 1.82) is 0 Å². The van der Waals surface area contributed by atoms with Crippen LogP contribution in [0.15, 0.2) is 42.7 Å². The van der Waals surface area contributed by atoms with Gasteiger partial charge in [0.15, 0.2) is 0 Å². The van der Waals surface area contributed by atoms with Crippen LogP contribution in [-0.4, -0.2) is 34.8 Å². The summed E-state index contributed by atoms with van der Waals surface area (Å²) in [6, 6.07) is 11.1. The minimum atomic E-state index is 0.500. The molecule has 0 saturated carbocycles. The summed E-state index contributed by atoms with van der Waals surface area (Å²) < 4.78 is 1.88. The Hall–Kier alpha value is -1.65. The van der Waals surface area contributed by atoms with Crippen molar-refractivity contribution in [3.8, 4) is 5.69 Å². The van der Waals surface area contributed by atoms with Gasteiger partial charge in [-0.1, -0.05) is 12.1 Å². The molecule has 3 rings (SSSR count). The second-order valence-electron chi connectivity index (χ2n) is 5.33. The molecule has 0 bridgehead atoms. The molecule has 0 radical (unpaired) electrons. The summed E-state index contributed by atoms with van der Waals surface area (Å²) in [5.74, 6) is 0.626. The average molecular weight is 256 g/mol. The van der Waals surface area contributed by atoms with Crippen molar-refractivity contribution >= 4 is 0 Å². The number of rotatable bonds is 3. The Morgan fingerprint density at radius 2 is 2.11 bits per heavy atom. The van der Waals surface area contributed by atoms with Gasteiger partial charge in [-0.25, -0.2) is 4.68 Å². The summed E-state index contributed by atoms with van der Waals surface area (Å²) in [5, 5.41) is 4.24. The van der Waals surface area contributed by atoms with E-state index in [9.17, 15) is 0 Å². The molecule has 0 aliphatic carbocycles. The third-order valence-corrected chi connectivity index (χ3v) is 4.01. The van der Waals surface area contributed by atoms with E-state index in [4.69, 9.17) is 5.73 Å². The van der Waals surface area contributed by atoms with Gasteiger partial charge in [-0.15, -0.1) is 0 Å². The van der Waals surface area contributed by atoms with Gasteiger partial charge in [0, 0.05) is 25.0 Å². The van der Waals surface area contributed by atoms with Gasteiger partial charge in [0.2, 0.25) is 0 Å². The van der Waals surface area contributed by atoms with Crippen molar-refractivity contribution in [3.05, 3.63) is 48.3 Å². The SMILES string of the molecule is CN1CC(CN)CC1c1ccc(-n2cccn2)cc1. The molecule has 2 aromatic rings. The van der Waals surface area contributed by atoms with Crippen molar-refractivity contribution in [1.82, 2.24) is 14.7 Å². The van der Waals surface area contributed by atoms with Crippen LogP contribution in [0.2, 0.25) is 0 Å². The predicted molar refractivity (Wildman–Crippen MR) is 76.1 cm³/mol. The van der Waals surface area contributed by atoms with Crippen molar-refractivity contribution in [2.75, 3.05) is 20.1 Å². The highest BCUT2D eigenvalue weighted by molar-refractivity contribution is 5.35. The van der Waals surface area contributed by atoms with Gasteiger partial charge in [0.25, 0.3) is 0 Å². The molecule has 2 N–H and O–H groups in total. The zero-order valence-electron chi connectivity index (χ0n) is 11.2. The number of nitrogens with zero attached hydrogens (tertiary/aromatic N) is 3. The number of hydrogen-bond donors (Lipinski definition) is 1. The number of hydrogen-bond acceptors (Lipinski definition) is 3.